The van der Waals surface area contributed by atoms with Gasteiger partial charge >= 0.3 is 0 Å². The number of carbonyl (C=O) groups excluding carboxylic acids is 1. The molecular weight excluding hydrogens is 335 g/mol. The molecule has 5 nitrogen and oxygen atoms in total. The summed E-state index contributed by atoms with van der Waals surface area (Å²) in [5.74, 6) is -0.715. The Hall–Kier alpha value is -1.50. The Morgan fingerprint density at radius 2 is 1.92 bits per heavy atom. The number of anilines is 1. The van der Waals surface area contributed by atoms with Crippen molar-refractivity contribution in [2.45, 2.75) is 63.0 Å². The highest BCUT2D eigenvalue weighted by molar-refractivity contribution is 5.94. The average Bonchev–Trinajstić information content (AvgIpc) is 3.17. The number of para-hydroxylation sites is 1. The largest absolute Gasteiger partial charge is 0.387 e. The summed E-state index contributed by atoms with van der Waals surface area (Å²) in [6, 6.07) is 5.46. The van der Waals surface area contributed by atoms with Crippen LogP contribution in [0.4, 0.5) is 10.1 Å². The lowest BCUT2D eigenvalue weighted by Crippen LogP contribution is -2.51. The molecule has 4 rings (SSSR count). The van der Waals surface area contributed by atoms with E-state index in [0.29, 0.717) is 31.7 Å². The molecule has 0 spiro atoms. The van der Waals surface area contributed by atoms with E-state index in [-0.39, 0.29) is 18.2 Å². The van der Waals surface area contributed by atoms with Crippen molar-refractivity contribution >= 4 is 11.6 Å². The quantitative estimate of drug-likeness (QED) is 0.895. The standard InChI is InChI=1S/C20H27FN2O3/c21-17-7-3-4-15-8-9-18(24)23(19(15)17)26-14-20(25)10-12-22(13-11-20)16-5-1-2-6-16/h3-4,7,16,25H,1-2,5-6,8-14H2. The fraction of sp³-hybridized carbons (Fsp3) is 0.650. The lowest BCUT2D eigenvalue weighted by Gasteiger charge is -2.41. The maximum Gasteiger partial charge on any atom is 0.251 e. The Morgan fingerprint density at radius 3 is 2.65 bits per heavy atom. The predicted molar refractivity (Wildman–Crippen MR) is 96.2 cm³/mol. The molecule has 26 heavy (non-hydrogen) atoms. The Labute approximate surface area is 153 Å². The number of halogens is 1. The summed E-state index contributed by atoms with van der Waals surface area (Å²) in [4.78, 5) is 20.4. The minimum absolute atomic E-state index is 0.0189. The van der Waals surface area contributed by atoms with Gasteiger partial charge in [-0.15, -0.1) is 0 Å². The van der Waals surface area contributed by atoms with Gasteiger partial charge in [-0.3, -0.25) is 9.63 Å². The van der Waals surface area contributed by atoms with Gasteiger partial charge in [0.1, 0.15) is 18.1 Å². The molecule has 1 N–H and O–H groups in total. The van der Waals surface area contributed by atoms with E-state index >= 15 is 0 Å². The number of hydrogen-bond donors (Lipinski definition) is 1. The van der Waals surface area contributed by atoms with Gasteiger partial charge in [-0.1, -0.05) is 25.0 Å². The summed E-state index contributed by atoms with van der Waals surface area (Å²) in [6.07, 6.45) is 7.18. The zero-order valence-corrected chi connectivity index (χ0v) is 15.1. The molecular formula is C20H27FN2O3. The number of nitrogens with zero attached hydrogens (tertiary/aromatic N) is 2. The van der Waals surface area contributed by atoms with Crippen LogP contribution >= 0.6 is 0 Å². The van der Waals surface area contributed by atoms with Crippen molar-refractivity contribution < 1.29 is 19.1 Å². The minimum atomic E-state index is -0.960. The third kappa shape index (κ3) is 3.50. The third-order valence-electron chi connectivity index (χ3n) is 6.14. The molecule has 6 heteroatoms. The van der Waals surface area contributed by atoms with Crippen LogP contribution in [0.15, 0.2) is 18.2 Å². The molecule has 1 saturated heterocycles. The van der Waals surface area contributed by atoms with E-state index in [4.69, 9.17) is 4.84 Å². The molecule has 0 bridgehead atoms. The number of benzene rings is 1. The molecule has 1 aliphatic carbocycles. The number of aryl methyl sites for hydroxylation is 1. The van der Waals surface area contributed by atoms with Gasteiger partial charge in [0.05, 0.1) is 5.60 Å². The van der Waals surface area contributed by atoms with Crippen molar-refractivity contribution in [1.82, 2.24) is 4.90 Å². The van der Waals surface area contributed by atoms with Crippen LogP contribution in [0.5, 0.6) is 0 Å². The van der Waals surface area contributed by atoms with Crippen molar-refractivity contribution in [3.05, 3.63) is 29.6 Å². The topological polar surface area (TPSA) is 53.0 Å². The van der Waals surface area contributed by atoms with Crippen LogP contribution in [-0.4, -0.2) is 47.3 Å². The molecule has 0 radical (unpaired) electrons. The van der Waals surface area contributed by atoms with Crippen molar-refractivity contribution in [3.8, 4) is 0 Å². The van der Waals surface area contributed by atoms with E-state index in [1.54, 1.807) is 6.07 Å². The number of rotatable bonds is 4. The number of piperidine rings is 1. The molecule has 1 amide bonds. The van der Waals surface area contributed by atoms with E-state index in [9.17, 15) is 14.3 Å². The number of fused-ring (bicyclic) bond motifs is 1. The number of hydroxylamine groups is 1. The fourth-order valence-electron chi connectivity index (χ4n) is 4.50. The average molecular weight is 362 g/mol. The maximum atomic E-state index is 14.2. The second-order valence-electron chi connectivity index (χ2n) is 7.91. The van der Waals surface area contributed by atoms with Crippen molar-refractivity contribution in [1.29, 1.82) is 0 Å². The number of carbonyl (C=O) groups is 1. The van der Waals surface area contributed by atoms with Gasteiger partial charge in [0.25, 0.3) is 5.91 Å². The zero-order chi connectivity index (χ0) is 18.1. The smallest absolute Gasteiger partial charge is 0.251 e. The number of aliphatic hydroxyl groups is 1. The molecule has 2 aliphatic heterocycles. The summed E-state index contributed by atoms with van der Waals surface area (Å²) >= 11 is 0. The fourth-order valence-corrected chi connectivity index (χ4v) is 4.50. The highest BCUT2D eigenvalue weighted by Gasteiger charge is 2.37. The predicted octanol–water partition coefficient (Wildman–Crippen LogP) is 2.81. The molecule has 142 valence electrons. The van der Waals surface area contributed by atoms with Gasteiger partial charge in [0, 0.05) is 25.6 Å². The summed E-state index contributed by atoms with van der Waals surface area (Å²) in [5.41, 5.74) is 0.0153. The zero-order valence-electron chi connectivity index (χ0n) is 15.1. The van der Waals surface area contributed by atoms with Gasteiger partial charge in [0.2, 0.25) is 0 Å². The van der Waals surface area contributed by atoms with Crippen molar-refractivity contribution in [3.63, 3.8) is 0 Å². The first-order chi connectivity index (χ1) is 12.6. The van der Waals surface area contributed by atoms with Crippen LogP contribution in [0.2, 0.25) is 0 Å². The lowest BCUT2D eigenvalue weighted by molar-refractivity contribution is -0.134. The van der Waals surface area contributed by atoms with Crippen molar-refractivity contribution in [2.75, 3.05) is 24.8 Å². The van der Waals surface area contributed by atoms with Crippen LogP contribution in [0, 0.1) is 5.82 Å². The van der Waals surface area contributed by atoms with Crippen molar-refractivity contribution in [2.24, 2.45) is 0 Å². The van der Waals surface area contributed by atoms with Gasteiger partial charge in [-0.25, -0.2) is 4.39 Å². The molecule has 0 unspecified atom stereocenters. The van der Waals surface area contributed by atoms with Crippen LogP contribution in [0.25, 0.3) is 0 Å². The van der Waals surface area contributed by atoms with Crippen LogP contribution in [0.1, 0.15) is 50.5 Å². The Kier molecular flexibility index (Phi) is 4.99. The van der Waals surface area contributed by atoms with E-state index < -0.39 is 11.4 Å². The monoisotopic (exact) mass is 362 g/mol. The summed E-state index contributed by atoms with van der Waals surface area (Å²) in [5, 5.41) is 11.9. The summed E-state index contributed by atoms with van der Waals surface area (Å²) < 4.78 is 14.2. The summed E-state index contributed by atoms with van der Waals surface area (Å²) in [6.45, 7) is 1.72. The second-order valence-corrected chi connectivity index (χ2v) is 7.91. The minimum Gasteiger partial charge on any atom is -0.387 e. The highest BCUT2D eigenvalue weighted by atomic mass is 19.1. The molecule has 3 aliphatic rings. The Morgan fingerprint density at radius 1 is 1.19 bits per heavy atom. The van der Waals surface area contributed by atoms with Crippen LogP contribution < -0.4 is 5.06 Å². The molecule has 1 aromatic carbocycles. The molecule has 1 saturated carbocycles. The molecule has 2 fully saturated rings. The lowest BCUT2D eigenvalue weighted by atomic mass is 9.91. The van der Waals surface area contributed by atoms with Gasteiger partial charge in [-0.2, -0.15) is 5.06 Å². The van der Waals surface area contributed by atoms with Gasteiger partial charge in [-0.05, 0) is 43.7 Å². The first kappa shape index (κ1) is 17.9. The van der Waals surface area contributed by atoms with Crippen LogP contribution in [0.3, 0.4) is 0 Å². The first-order valence-corrected chi connectivity index (χ1v) is 9.75. The number of likely N-dealkylation sites (tertiary alicyclic amines) is 1. The molecule has 0 atom stereocenters. The van der Waals surface area contributed by atoms with Gasteiger partial charge < -0.3 is 10.0 Å². The highest BCUT2D eigenvalue weighted by Crippen LogP contribution is 2.33. The van der Waals surface area contributed by atoms with E-state index in [1.165, 1.54) is 31.7 Å². The van der Waals surface area contributed by atoms with Gasteiger partial charge in [0.15, 0.2) is 0 Å². The SMILES string of the molecule is O=C1CCc2cccc(F)c2N1OCC1(O)CCN(C2CCCC2)CC1. The van der Waals surface area contributed by atoms with E-state index in [1.807, 2.05) is 6.07 Å². The number of amides is 1. The molecule has 0 aromatic heterocycles. The number of hydrogen-bond acceptors (Lipinski definition) is 4. The van der Waals surface area contributed by atoms with E-state index in [2.05, 4.69) is 4.90 Å². The van der Waals surface area contributed by atoms with E-state index in [0.717, 1.165) is 23.7 Å². The summed E-state index contributed by atoms with van der Waals surface area (Å²) in [7, 11) is 0. The third-order valence-corrected chi connectivity index (χ3v) is 6.14. The first-order valence-electron chi connectivity index (χ1n) is 9.75. The molecule has 2 heterocycles. The normalized spacial score (nSPS) is 24.1. The maximum absolute atomic E-state index is 14.2. The van der Waals surface area contributed by atoms with Crippen LogP contribution in [-0.2, 0) is 16.1 Å². The molecule has 1 aromatic rings. The Balaban J connectivity index is 1.39. The second kappa shape index (κ2) is 7.25. The Bertz CT molecular complexity index is 667.